The van der Waals surface area contributed by atoms with E-state index in [0.717, 1.165) is 0 Å². The van der Waals surface area contributed by atoms with E-state index >= 15 is 0 Å². The number of hydrogen-bond acceptors (Lipinski definition) is 4. The Labute approximate surface area is 116 Å². The standard InChI is InChI=1S/C11H13ClN2O4S/c12-10-2-1-8(19(13,16)17)7-9(10)11(15)14-3-5-18-6-4-14/h1-2,7H,3-6H2,(H2,13,16,17). The molecule has 1 saturated heterocycles. The van der Waals surface area contributed by atoms with Crippen LogP contribution in [0.4, 0.5) is 0 Å². The van der Waals surface area contributed by atoms with Gasteiger partial charge in [-0.3, -0.25) is 4.79 Å². The summed E-state index contributed by atoms with van der Waals surface area (Å²) < 4.78 is 27.7. The molecule has 1 amide bonds. The van der Waals surface area contributed by atoms with E-state index in [2.05, 4.69) is 0 Å². The van der Waals surface area contributed by atoms with E-state index in [0.29, 0.717) is 26.3 Å². The highest BCUT2D eigenvalue weighted by atomic mass is 35.5. The normalized spacial score (nSPS) is 16.4. The van der Waals surface area contributed by atoms with Crippen LogP contribution in [0.2, 0.25) is 5.02 Å². The second-order valence-corrected chi connectivity index (χ2v) is 6.06. The Morgan fingerprint density at radius 3 is 2.53 bits per heavy atom. The highest BCUT2D eigenvalue weighted by molar-refractivity contribution is 7.89. The summed E-state index contributed by atoms with van der Waals surface area (Å²) in [6.45, 7) is 1.82. The first-order chi connectivity index (χ1) is 8.89. The maximum atomic E-state index is 12.3. The number of halogens is 1. The Morgan fingerprint density at radius 2 is 1.95 bits per heavy atom. The molecule has 6 nitrogen and oxygen atoms in total. The average molecular weight is 305 g/mol. The quantitative estimate of drug-likeness (QED) is 0.859. The lowest BCUT2D eigenvalue weighted by Crippen LogP contribution is -2.40. The molecule has 1 heterocycles. The molecular formula is C11H13ClN2O4S. The first kappa shape index (κ1) is 14.3. The first-order valence-corrected chi connectivity index (χ1v) is 7.51. The number of nitrogens with two attached hydrogens (primary N) is 1. The zero-order valence-corrected chi connectivity index (χ0v) is 11.6. The molecule has 2 N–H and O–H groups in total. The second kappa shape index (κ2) is 5.46. The highest BCUT2D eigenvalue weighted by Crippen LogP contribution is 2.21. The Morgan fingerprint density at radius 1 is 1.32 bits per heavy atom. The molecule has 0 unspecified atom stereocenters. The Kier molecular flexibility index (Phi) is 4.10. The predicted molar refractivity (Wildman–Crippen MR) is 69.5 cm³/mol. The summed E-state index contributed by atoms with van der Waals surface area (Å²) in [5.41, 5.74) is 0.134. The van der Waals surface area contributed by atoms with Crippen molar-refractivity contribution in [2.75, 3.05) is 26.3 Å². The fraction of sp³-hybridized carbons (Fsp3) is 0.364. The van der Waals surface area contributed by atoms with Crippen molar-refractivity contribution in [3.63, 3.8) is 0 Å². The van der Waals surface area contributed by atoms with E-state index < -0.39 is 10.0 Å². The summed E-state index contributed by atoms with van der Waals surface area (Å²) in [4.78, 5) is 13.7. The number of sulfonamides is 1. The Bertz CT molecular complexity index is 597. The van der Waals surface area contributed by atoms with E-state index in [1.807, 2.05) is 0 Å². The number of amides is 1. The van der Waals surface area contributed by atoms with Crippen molar-refractivity contribution in [2.24, 2.45) is 5.14 Å². The number of rotatable bonds is 2. The van der Waals surface area contributed by atoms with Crippen molar-refractivity contribution >= 4 is 27.5 Å². The van der Waals surface area contributed by atoms with Gasteiger partial charge in [0.05, 0.1) is 28.7 Å². The molecule has 1 fully saturated rings. The number of carbonyl (C=O) groups is 1. The van der Waals surface area contributed by atoms with Gasteiger partial charge in [0.25, 0.3) is 5.91 Å². The van der Waals surface area contributed by atoms with Gasteiger partial charge >= 0.3 is 0 Å². The van der Waals surface area contributed by atoms with Crippen molar-refractivity contribution < 1.29 is 17.9 Å². The van der Waals surface area contributed by atoms with Crippen LogP contribution in [0.25, 0.3) is 0 Å². The van der Waals surface area contributed by atoms with Crippen LogP contribution in [0.15, 0.2) is 23.1 Å². The molecule has 0 aromatic heterocycles. The van der Waals surface area contributed by atoms with Crippen molar-refractivity contribution in [1.29, 1.82) is 0 Å². The molecule has 2 rings (SSSR count). The fourth-order valence-corrected chi connectivity index (χ4v) is 2.52. The molecule has 1 aromatic rings. The maximum Gasteiger partial charge on any atom is 0.255 e. The van der Waals surface area contributed by atoms with Crippen LogP contribution in [0.5, 0.6) is 0 Å². The molecule has 1 aliphatic heterocycles. The number of morpholine rings is 1. The second-order valence-electron chi connectivity index (χ2n) is 4.09. The molecule has 1 aliphatic rings. The van der Waals surface area contributed by atoms with Gasteiger partial charge in [0, 0.05) is 13.1 Å². The number of hydrogen-bond donors (Lipinski definition) is 1. The Hall–Kier alpha value is -1.15. The van der Waals surface area contributed by atoms with Crippen molar-refractivity contribution in [3.8, 4) is 0 Å². The highest BCUT2D eigenvalue weighted by Gasteiger charge is 2.22. The van der Waals surface area contributed by atoms with Crippen LogP contribution in [0.3, 0.4) is 0 Å². The van der Waals surface area contributed by atoms with E-state index in [1.165, 1.54) is 18.2 Å². The molecule has 19 heavy (non-hydrogen) atoms. The van der Waals surface area contributed by atoms with Gasteiger partial charge in [-0.2, -0.15) is 0 Å². The number of ether oxygens (including phenoxy) is 1. The van der Waals surface area contributed by atoms with Crippen molar-refractivity contribution in [1.82, 2.24) is 4.90 Å². The lowest BCUT2D eigenvalue weighted by atomic mass is 10.2. The molecule has 0 aliphatic carbocycles. The van der Waals surface area contributed by atoms with Crippen molar-refractivity contribution in [2.45, 2.75) is 4.90 Å². The maximum absolute atomic E-state index is 12.3. The minimum atomic E-state index is -3.86. The van der Waals surface area contributed by atoms with E-state index in [4.69, 9.17) is 21.5 Å². The van der Waals surface area contributed by atoms with Crippen LogP contribution >= 0.6 is 11.6 Å². The number of primary sulfonamides is 1. The van der Waals surface area contributed by atoms with Gasteiger partial charge in [-0.15, -0.1) is 0 Å². The largest absolute Gasteiger partial charge is 0.378 e. The van der Waals surface area contributed by atoms with Crippen LogP contribution in [0, 0.1) is 0 Å². The molecule has 1 aromatic carbocycles. The lowest BCUT2D eigenvalue weighted by molar-refractivity contribution is 0.0303. The van der Waals surface area contributed by atoms with Gasteiger partial charge in [-0.1, -0.05) is 11.6 Å². The first-order valence-electron chi connectivity index (χ1n) is 5.59. The average Bonchev–Trinajstić information content (AvgIpc) is 2.38. The summed E-state index contributed by atoms with van der Waals surface area (Å²) in [6.07, 6.45) is 0. The van der Waals surface area contributed by atoms with Gasteiger partial charge in [0.15, 0.2) is 0 Å². The molecule has 0 saturated carbocycles. The summed E-state index contributed by atoms with van der Waals surface area (Å²) in [5, 5.41) is 5.24. The third-order valence-corrected chi connectivity index (χ3v) is 4.04. The SMILES string of the molecule is NS(=O)(=O)c1ccc(Cl)c(C(=O)N2CCOCC2)c1. The minimum absolute atomic E-state index is 0.131. The van der Waals surface area contributed by atoms with Gasteiger partial charge in [-0.05, 0) is 18.2 Å². The van der Waals surface area contributed by atoms with Gasteiger partial charge in [0.1, 0.15) is 0 Å². The van der Waals surface area contributed by atoms with Crippen LogP contribution in [-0.4, -0.2) is 45.5 Å². The van der Waals surface area contributed by atoms with Gasteiger partial charge in [-0.25, -0.2) is 13.6 Å². The zero-order chi connectivity index (χ0) is 14.0. The lowest BCUT2D eigenvalue weighted by Gasteiger charge is -2.27. The molecule has 0 spiro atoms. The summed E-state index contributed by atoms with van der Waals surface area (Å²) in [5.74, 6) is -0.321. The summed E-state index contributed by atoms with van der Waals surface area (Å²) in [6, 6.07) is 3.83. The smallest absolute Gasteiger partial charge is 0.255 e. The topological polar surface area (TPSA) is 89.7 Å². The van der Waals surface area contributed by atoms with E-state index in [9.17, 15) is 13.2 Å². The van der Waals surface area contributed by atoms with E-state index in [1.54, 1.807) is 4.90 Å². The fourth-order valence-electron chi connectivity index (χ4n) is 1.78. The van der Waals surface area contributed by atoms with E-state index in [-0.39, 0.29) is 21.4 Å². The van der Waals surface area contributed by atoms with Crippen LogP contribution in [0.1, 0.15) is 10.4 Å². The minimum Gasteiger partial charge on any atom is -0.378 e. The molecular weight excluding hydrogens is 292 g/mol. The number of benzene rings is 1. The molecule has 104 valence electrons. The summed E-state index contributed by atoms with van der Waals surface area (Å²) in [7, 11) is -3.86. The zero-order valence-electron chi connectivity index (χ0n) is 10.0. The van der Waals surface area contributed by atoms with Gasteiger partial charge in [0.2, 0.25) is 10.0 Å². The molecule has 0 bridgehead atoms. The Balaban J connectivity index is 2.35. The van der Waals surface area contributed by atoms with Gasteiger partial charge < -0.3 is 9.64 Å². The summed E-state index contributed by atoms with van der Waals surface area (Å²) >= 11 is 5.95. The van der Waals surface area contributed by atoms with Crippen molar-refractivity contribution in [3.05, 3.63) is 28.8 Å². The number of carbonyl (C=O) groups excluding carboxylic acids is 1. The number of nitrogens with zero attached hydrogens (tertiary/aromatic N) is 1. The molecule has 0 radical (unpaired) electrons. The monoisotopic (exact) mass is 304 g/mol. The van der Waals surface area contributed by atoms with Crippen LogP contribution < -0.4 is 5.14 Å². The molecule has 8 heteroatoms. The molecule has 0 atom stereocenters. The third kappa shape index (κ3) is 3.24. The van der Waals surface area contributed by atoms with Crippen LogP contribution in [-0.2, 0) is 14.8 Å². The predicted octanol–water partition coefficient (Wildman–Crippen LogP) is 0.460. The third-order valence-electron chi connectivity index (χ3n) is 2.80.